The van der Waals surface area contributed by atoms with Crippen molar-refractivity contribution in [2.24, 2.45) is 5.92 Å². The Morgan fingerprint density at radius 1 is 1.30 bits per heavy atom. The molecule has 0 aliphatic carbocycles. The molecule has 0 atom stereocenters. The van der Waals surface area contributed by atoms with Crippen molar-refractivity contribution in [3.05, 3.63) is 29.3 Å². The predicted octanol–water partition coefficient (Wildman–Crippen LogP) is 1.98. The van der Waals surface area contributed by atoms with E-state index >= 15 is 0 Å². The van der Waals surface area contributed by atoms with Gasteiger partial charge in [0.1, 0.15) is 0 Å². The molecule has 1 aromatic rings. The normalized spacial score (nSPS) is 20.1. The fourth-order valence-corrected chi connectivity index (χ4v) is 3.31. The average molecular weight is 274 g/mol. The van der Waals surface area contributed by atoms with Crippen LogP contribution in [0.3, 0.4) is 0 Å². The number of carbonyl (C=O) groups is 1. The summed E-state index contributed by atoms with van der Waals surface area (Å²) in [6.07, 6.45) is 2.70. The maximum Gasteiger partial charge on any atom is 0.306 e. The molecule has 1 saturated heterocycles. The lowest BCUT2D eigenvalue weighted by atomic mass is 9.96. The summed E-state index contributed by atoms with van der Waals surface area (Å²) in [6, 6.07) is 6.76. The summed E-state index contributed by atoms with van der Waals surface area (Å²) in [5.41, 5.74) is 4.16. The van der Waals surface area contributed by atoms with Crippen LogP contribution in [0, 0.1) is 5.92 Å². The number of hydrogen-bond acceptors (Lipinski definition) is 3. The molecule has 4 nitrogen and oxygen atoms in total. The van der Waals surface area contributed by atoms with Crippen molar-refractivity contribution >= 4 is 11.7 Å². The van der Waals surface area contributed by atoms with Crippen LogP contribution < -0.4 is 4.90 Å². The number of carboxylic acids is 1. The quantitative estimate of drug-likeness (QED) is 0.915. The second-order valence-electron chi connectivity index (χ2n) is 6.02. The molecule has 0 amide bonds. The topological polar surface area (TPSA) is 43.8 Å². The molecule has 2 heterocycles. The number of aliphatic carboxylic acids is 1. The molecule has 0 unspecified atom stereocenters. The molecule has 1 N–H and O–H groups in total. The van der Waals surface area contributed by atoms with Crippen LogP contribution in [0.1, 0.15) is 24.0 Å². The van der Waals surface area contributed by atoms with Gasteiger partial charge in [-0.1, -0.05) is 12.1 Å². The lowest BCUT2D eigenvalue weighted by molar-refractivity contribution is -0.143. The van der Waals surface area contributed by atoms with Gasteiger partial charge in [0.2, 0.25) is 0 Å². The Hall–Kier alpha value is -1.55. The highest BCUT2D eigenvalue weighted by Crippen LogP contribution is 2.28. The van der Waals surface area contributed by atoms with Crippen molar-refractivity contribution in [3.63, 3.8) is 0 Å². The SMILES string of the molecule is CN1CCc2cc(CN3CCC(C(=O)O)CC3)ccc21. The average Bonchev–Trinajstić information content (AvgIpc) is 2.81. The molecule has 0 spiro atoms. The van der Waals surface area contributed by atoms with E-state index in [-0.39, 0.29) is 5.92 Å². The van der Waals surface area contributed by atoms with Crippen molar-refractivity contribution in [2.75, 3.05) is 31.6 Å². The Bertz CT molecular complexity index is 507. The summed E-state index contributed by atoms with van der Waals surface area (Å²) in [4.78, 5) is 15.6. The molecule has 0 aromatic heterocycles. The lowest BCUT2D eigenvalue weighted by Gasteiger charge is -2.30. The van der Waals surface area contributed by atoms with Crippen LogP contribution in [0.15, 0.2) is 18.2 Å². The first kappa shape index (κ1) is 13.4. The number of rotatable bonds is 3. The van der Waals surface area contributed by atoms with Crippen LogP contribution in [0.25, 0.3) is 0 Å². The van der Waals surface area contributed by atoms with Gasteiger partial charge in [0.15, 0.2) is 0 Å². The van der Waals surface area contributed by atoms with Crippen molar-refractivity contribution < 1.29 is 9.90 Å². The van der Waals surface area contributed by atoms with Crippen LogP contribution in [-0.2, 0) is 17.8 Å². The highest BCUT2D eigenvalue weighted by Gasteiger charge is 2.24. The molecule has 2 aliphatic heterocycles. The maximum absolute atomic E-state index is 11.0. The summed E-state index contributed by atoms with van der Waals surface area (Å²) in [6.45, 7) is 3.86. The van der Waals surface area contributed by atoms with Crippen molar-refractivity contribution in [1.29, 1.82) is 0 Å². The Morgan fingerprint density at radius 3 is 2.75 bits per heavy atom. The smallest absolute Gasteiger partial charge is 0.306 e. The molecule has 0 bridgehead atoms. The number of carboxylic acid groups (broad SMARTS) is 1. The molecule has 1 aromatic carbocycles. The van der Waals surface area contributed by atoms with Gasteiger partial charge < -0.3 is 10.0 Å². The third-order valence-electron chi connectivity index (χ3n) is 4.61. The molecule has 4 heteroatoms. The molecule has 3 rings (SSSR count). The van der Waals surface area contributed by atoms with Crippen LogP contribution in [-0.4, -0.2) is 42.7 Å². The van der Waals surface area contributed by atoms with Crippen LogP contribution in [0.2, 0.25) is 0 Å². The summed E-state index contributed by atoms with van der Waals surface area (Å²) in [7, 11) is 2.14. The Morgan fingerprint density at radius 2 is 2.05 bits per heavy atom. The predicted molar refractivity (Wildman–Crippen MR) is 79.1 cm³/mol. The van der Waals surface area contributed by atoms with E-state index < -0.39 is 5.97 Å². The van der Waals surface area contributed by atoms with E-state index in [1.807, 2.05) is 0 Å². The van der Waals surface area contributed by atoms with Crippen LogP contribution in [0.4, 0.5) is 5.69 Å². The number of anilines is 1. The zero-order valence-electron chi connectivity index (χ0n) is 12.0. The van der Waals surface area contributed by atoms with Gasteiger partial charge in [0.25, 0.3) is 0 Å². The van der Waals surface area contributed by atoms with E-state index in [4.69, 9.17) is 5.11 Å². The number of benzene rings is 1. The number of likely N-dealkylation sites (tertiary alicyclic amines) is 1. The Labute approximate surface area is 120 Å². The van der Waals surface area contributed by atoms with E-state index in [2.05, 4.69) is 35.0 Å². The largest absolute Gasteiger partial charge is 0.481 e. The first-order valence-electron chi connectivity index (χ1n) is 7.41. The fourth-order valence-electron chi connectivity index (χ4n) is 3.31. The van der Waals surface area contributed by atoms with Gasteiger partial charge in [-0.15, -0.1) is 0 Å². The molecule has 108 valence electrons. The second kappa shape index (κ2) is 5.44. The summed E-state index contributed by atoms with van der Waals surface area (Å²) in [5.74, 6) is -0.773. The Kier molecular flexibility index (Phi) is 3.66. The molecule has 2 aliphatic rings. The van der Waals surface area contributed by atoms with Gasteiger partial charge in [-0.05, 0) is 49.5 Å². The van der Waals surface area contributed by atoms with E-state index in [1.165, 1.54) is 16.8 Å². The number of hydrogen-bond donors (Lipinski definition) is 1. The standard InChI is InChI=1S/C16H22N2O2/c1-17-7-4-14-10-12(2-3-15(14)17)11-18-8-5-13(6-9-18)16(19)20/h2-3,10,13H,4-9,11H2,1H3,(H,19,20). The maximum atomic E-state index is 11.0. The minimum Gasteiger partial charge on any atom is -0.481 e. The molecule has 1 fully saturated rings. The highest BCUT2D eigenvalue weighted by molar-refractivity contribution is 5.70. The number of nitrogens with zero attached hydrogens (tertiary/aromatic N) is 2. The van der Waals surface area contributed by atoms with E-state index in [0.29, 0.717) is 0 Å². The van der Waals surface area contributed by atoms with Gasteiger partial charge >= 0.3 is 5.97 Å². The zero-order valence-corrected chi connectivity index (χ0v) is 12.0. The first-order valence-corrected chi connectivity index (χ1v) is 7.41. The van der Waals surface area contributed by atoms with Gasteiger partial charge in [-0.3, -0.25) is 9.69 Å². The minimum absolute atomic E-state index is 0.139. The molecule has 20 heavy (non-hydrogen) atoms. The summed E-state index contributed by atoms with van der Waals surface area (Å²) < 4.78 is 0. The minimum atomic E-state index is -0.634. The Balaban J connectivity index is 1.61. The lowest BCUT2D eigenvalue weighted by Crippen LogP contribution is -2.35. The van der Waals surface area contributed by atoms with E-state index in [1.54, 1.807) is 0 Å². The first-order chi connectivity index (χ1) is 9.63. The second-order valence-corrected chi connectivity index (χ2v) is 6.02. The molecule has 0 radical (unpaired) electrons. The third-order valence-corrected chi connectivity index (χ3v) is 4.61. The molecular weight excluding hydrogens is 252 g/mol. The monoisotopic (exact) mass is 274 g/mol. The third kappa shape index (κ3) is 2.66. The van der Waals surface area contributed by atoms with E-state index in [0.717, 1.165) is 45.4 Å². The van der Waals surface area contributed by atoms with E-state index in [9.17, 15) is 4.79 Å². The van der Waals surface area contributed by atoms with Crippen molar-refractivity contribution in [2.45, 2.75) is 25.8 Å². The summed E-state index contributed by atoms with van der Waals surface area (Å²) >= 11 is 0. The van der Waals surface area contributed by atoms with Gasteiger partial charge in [-0.25, -0.2) is 0 Å². The van der Waals surface area contributed by atoms with Gasteiger partial charge in [0.05, 0.1) is 5.92 Å². The number of likely N-dealkylation sites (N-methyl/N-ethyl adjacent to an activating group) is 1. The molecule has 0 saturated carbocycles. The van der Waals surface area contributed by atoms with Crippen molar-refractivity contribution in [1.82, 2.24) is 4.90 Å². The number of fused-ring (bicyclic) bond motifs is 1. The summed E-state index contributed by atoms with van der Waals surface area (Å²) in [5, 5.41) is 9.02. The van der Waals surface area contributed by atoms with Crippen LogP contribution in [0.5, 0.6) is 0 Å². The van der Waals surface area contributed by atoms with Gasteiger partial charge in [0, 0.05) is 25.8 Å². The zero-order chi connectivity index (χ0) is 14.1. The van der Waals surface area contributed by atoms with Crippen molar-refractivity contribution in [3.8, 4) is 0 Å². The van der Waals surface area contributed by atoms with Crippen LogP contribution >= 0.6 is 0 Å². The number of piperidine rings is 1. The fraction of sp³-hybridized carbons (Fsp3) is 0.562. The highest BCUT2D eigenvalue weighted by atomic mass is 16.4. The van der Waals surface area contributed by atoms with Gasteiger partial charge in [-0.2, -0.15) is 0 Å². The molecular formula is C16H22N2O2.